The number of ether oxygens (including phenoxy) is 1. The summed E-state index contributed by atoms with van der Waals surface area (Å²) >= 11 is 6.85. The summed E-state index contributed by atoms with van der Waals surface area (Å²) in [6, 6.07) is 14.6. The van der Waals surface area contributed by atoms with Crippen molar-refractivity contribution in [2.24, 2.45) is 0 Å². The van der Waals surface area contributed by atoms with Crippen LogP contribution in [0.25, 0.3) is 17.0 Å². The van der Waals surface area contributed by atoms with Crippen molar-refractivity contribution in [2.45, 2.75) is 26.4 Å². The van der Waals surface area contributed by atoms with Crippen molar-refractivity contribution in [2.75, 3.05) is 7.11 Å². The fourth-order valence-electron chi connectivity index (χ4n) is 3.84. The Labute approximate surface area is 194 Å². The molecule has 0 unspecified atom stereocenters. The zero-order valence-electron chi connectivity index (χ0n) is 17.8. The minimum atomic E-state index is -0.981. The minimum absolute atomic E-state index is 0.281. The van der Waals surface area contributed by atoms with Gasteiger partial charge in [-0.3, -0.25) is 14.5 Å². The average molecular weight is 469 g/mol. The average Bonchev–Trinajstić information content (AvgIpc) is 3.22. The van der Waals surface area contributed by atoms with Crippen molar-refractivity contribution in [3.63, 3.8) is 0 Å². The van der Waals surface area contributed by atoms with Crippen LogP contribution < -0.4 is 0 Å². The SMILES string of the molecule is COC(=O)[C@H](C)N1C(=O)S/C(=C/c2c(C)n(Cc3ccc(Cl)cc3)c3ccccc23)C1=O. The van der Waals surface area contributed by atoms with Gasteiger partial charge in [-0.25, -0.2) is 4.79 Å². The summed E-state index contributed by atoms with van der Waals surface area (Å²) in [6.45, 7) is 4.11. The molecule has 1 aromatic heterocycles. The Kier molecular flexibility index (Phi) is 6.13. The van der Waals surface area contributed by atoms with Gasteiger partial charge >= 0.3 is 5.97 Å². The lowest BCUT2D eigenvalue weighted by molar-refractivity contribution is -0.148. The van der Waals surface area contributed by atoms with E-state index in [0.29, 0.717) is 11.6 Å². The van der Waals surface area contributed by atoms with Gasteiger partial charge in [-0.2, -0.15) is 0 Å². The van der Waals surface area contributed by atoms with E-state index >= 15 is 0 Å². The molecular weight excluding hydrogens is 448 g/mol. The maximum absolute atomic E-state index is 12.9. The highest BCUT2D eigenvalue weighted by Crippen LogP contribution is 2.36. The van der Waals surface area contributed by atoms with E-state index in [2.05, 4.69) is 4.57 Å². The molecule has 1 fully saturated rings. The number of carbonyl (C=O) groups excluding carboxylic acids is 3. The number of methoxy groups -OCH3 is 1. The van der Waals surface area contributed by atoms with Gasteiger partial charge in [0.2, 0.25) is 0 Å². The van der Waals surface area contributed by atoms with Crippen LogP contribution >= 0.6 is 23.4 Å². The molecule has 4 rings (SSSR count). The number of thioether (sulfide) groups is 1. The van der Waals surface area contributed by atoms with Crippen molar-refractivity contribution in [3.05, 3.63) is 75.3 Å². The first-order valence-electron chi connectivity index (χ1n) is 9.99. The highest BCUT2D eigenvalue weighted by atomic mass is 35.5. The molecule has 0 radical (unpaired) electrons. The zero-order valence-corrected chi connectivity index (χ0v) is 19.4. The maximum Gasteiger partial charge on any atom is 0.328 e. The number of aromatic nitrogens is 1. The van der Waals surface area contributed by atoms with Gasteiger partial charge in [-0.1, -0.05) is 41.9 Å². The number of carbonyl (C=O) groups is 3. The topological polar surface area (TPSA) is 68.6 Å². The summed E-state index contributed by atoms with van der Waals surface area (Å²) in [5, 5.41) is 1.17. The van der Waals surface area contributed by atoms with Crippen molar-refractivity contribution >= 4 is 57.5 Å². The lowest BCUT2D eigenvalue weighted by Crippen LogP contribution is -2.42. The van der Waals surface area contributed by atoms with Gasteiger partial charge in [0.15, 0.2) is 0 Å². The first-order chi connectivity index (χ1) is 15.3. The molecule has 0 bridgehead atoms. The Morgan fingerprint density at radius 3 is 2.53 bits per heavy atom. The van der Waals surface area contributed by atoms with Gasteiger partial charge < -0.3 is 9.30 Å². The lowest BCUT2D eigenvalue weighted by atomic mass is 10.1. The number of fused-ring (bicyclic) bond motifs is 1. The molecule has 0 aliphatic carbocycles. The number of hydrogen-bond acceptors (Lipinski definition) is 5. The summed E-state index contributed by atoms with van der Waals surface area (Å²) < 4.78 is 6.87. The van der Waals surface area contributed by atoms with Crippen molar-refractivity contribution in [3.8, 4) is 0 Å². The predicted octanol–water partition coefficient (Wildman–Crippen LogP) is 5.25. The van der Waals surface area contributed by atoms with E-state index < -0.39 is 23.2 Å². The molecule has 2 amide bonds. The van der Waals surface area contributed by atoms with Crippen LogP contribution in [0.15, 0.2) is 53.4 Å². The Hall–Kier alpha value is -3.03. The largest absolute Gasteiger partial charge is 0.467 e. The molecule has 164 valence electrons. The molecule has 0 saturated carbocycles. The van der Waals surface area contributed by atoms with Gasteiger partial charge in [-0.15, -0.1) is 0 Å². The van der Waals surface area contributed by atoms with Gasteiger partial charge in [-0.05, 0) is 55.4 Å². The number of amides is 2. The number of esters is 1. The molecule has 2 aromatic carbocycles. The third-order valence-electron chi connectivity index (χ3n) is 5.56. The molecule has 3 aromatic rings. The van der Waals surface area contributed by atoms with Crippen LogP contribution in [0.2, 0.25) is 5.02 Å². The quantitative estimate of drug-likeness (QED) is 0.378. The Bertz CT molecular complexity index is 1260. The molecule has 1 aliphatic rings. The number of hydrogen-bond donors (Lipinski definition) is 0. The van der Waals surface area contributed by atoms with E-state index in [0.717, 1.165) is 44.4 Å². The molecule has 2 heterocycles. The van der Waals surface area contributed by atoms with Crippen LogP contribution in [0, 0.1) is 6.92 Å². The summed E-state index contributed by atoms with van der Waals surface area (Å²) in [7, 11) is 1.23. The predicted molar refractivity (Wildman–Crippen MR) is 127 cm³/mol. The maximum atomic E-state index is 12.9. The standard InChI is InChI=1S/C24H21ClN2O4S/c1-14-19(12-21-22(28)27(24(30)32-21)15(2)23(29)31-3)18-6-4-5-7-20(18)26(14)13-16-8-10-17(25)11-9-16/h4-12,15H,13H2,1-3H3/b21-12+/t15-/m0/s1. The second kappa shape index (κ2) is 8.84. The van der Waals surface area contributed by atoms with Gasteiger partial charge in [0.1, 0.15) is 6.04 Å². The Balaban J connectivity index is 1.75. The number of imide groups is 1. The lowest BCUT2D eigenvalue weighted by Gasteiger charge is -2.18. The third-order valence-corrected chi connectivity index (χ3v) is 6.70. The van der Waals surface area contributed by atoms with E-state index in [1.165, 1.54) is 14.0 Å². The zero-order chi connectivity index (χ0) is 23.0. The van der Waals surface area contributed by atoms with E-state index in [9.17, 15) is 14.4 Å². The van der Waals surface area contributed by atoms with Crippen molar-refractivity contribution < 1.29 is 19.1 Å². The minimum Gasteiger partial charge on any atom is -0.467 e. The Morgan fingerprint density at radius 2 is 1.84 bits per heavy atom. The smallest absolute Gasteiger partial charge is 0.328 e. The number of benzene rings is 2. The molecule has 8 heteroatoms. The van der Waals surface area contributed by atoms with E-state index in [1.807, 2.05) is 55.5 Å². The summed E-state index contributed by atoms with van der Waals surface area (Å²) in [5.41, 5.74) is 3.95. The monoisotopic (exact) mass is 468 g/mol. The van der Waals surface area contributed by atoms with E-state index in [1.54, 1.807) is 6.08 Å². The van der Waals surface area contributed by atoms with Crippen LogP contribution in [0.5, 0.6) is 0 Å². The van der Waals surface area contributed by atoms with Gasteiger partial charge in [0.25, 0.3) is 11.1 Å². The highest BCUT2D eigenvalue weighted by molar-refractivity contribution is 8.18. The first kappa shape index (κ1) is 22.2. The fraction of sp³-hybridized carbons (Fsp3) is 0.208. The van der Waals surface area contributed by atoms with E-state index in [-0.39, 0.29) is 4.91 Å². The van der Waals surface area contributed by atoms with Crippen molar-refractivity contribution in [1.29, 1.82) is 0 Å². The number of nitrogens with zero attached hydrogens (tertiary/aromatic N) is 2. The third kappa shape index (κ3) is 3.94. The van der Waals surface area contributed by atoms with Crippen molar-refractivity contribution in [1.82, 2.24) is 9.47 Å². The molecule has 6 nitrogen and oxygen atoms in total. The van der Waals surface area contributed by atoms with Crippen LogP contribution in [0.4, 0.5) is 4.79 Å². The van der Waals surface area contributed by atoms with E-state index in [4.69, 9.17) is 16.3 Å². The summed E-state index contributed by atoms with van der Waals surface area (Å²) in [5.74, 6) is -1.13. The van der Waals surface area contributed by atoms with Gasteiger partial charge in [0.05, 0.1) is 12.0 Å². The number of halogens is 1. The van der Waals surface area contributed by atoms with Crippen LogP contribution in [0.3, 0.4) is 0 Å². The second-order valence-corrected chi connectivity index (χ2v) is 8.91. The molecule has 1 atom stereocenters. The molecule has 1 saturated heterocycles. The van der Waals surface area contributed by atoms with Crippen LogP contribution in [-0.2, 0) is 20.9 Å². The number of rotatable bonds is 5. The molecule has 0 spiro atoms. The molecular formula is C24H21ClN2O4S. The molecule has 1 aliphatic heterocycles. The fourth-order valence-corrected chi connectivity index (χ4v) is 4.85. The summed E-state index contributed by atoms with van der Waals surface area (Å²) in [4.78, 5) is 38.5. The first-order valence-corrected chi connectivity index (χ1v) is 11.2. The van der Waals surface area contributed by atoms with Crippen LogP contribution in [0.1, 0.15) is 23.7 Å². The molecule has 0 N–H and O–H groups in total. The summed E-state index contributed by atoms with van der Waals surface area (Å²) in [6.07, 6.45) is 1.74. The molecule has 32 heavy (non-hydrogen) atoms. The highest BCUT2D eigenvalue weighted by Gasteiger charge is 2.41. The normalized spacial score (nSPS) is 16.2. The van der Waals surface area contributed by atoms with Crippen LogP contribution in [-0.4, -0.2) is 39.7 Å². The number of para-hydroxylation sites is 1. The second-order valence-electron chi connectivity index (χ2n) is 7.48. The Morgan fingerprint density at radius 1 is 1.16 bits per heavy atom. The van der Waals surface area contributed by atoms with Gasteiger partial charge in [0, 0.05) is 33.7 Å².